The lowest BCUT2D eigenvalue weighted by Gasteiger charge is -2.30. The van der Waals surface area contributed by atoms with Gasteiger partial charge in [0.25, 0.3) is 0 Å². The first kappa shape index (κ1) is 11.8. The first-order valence-electron chi connectivity index (χ1n) is 6.65. The van der Waals surface area contributed by atoms with Crippen LogP contribution in [-0.4, -0.2) is 12.8 Å². The second-order valence-electron chi connectivity index (χ2n) is 5.31. The van der Waals surface area contributed by atoms with Crippen LogP contribution in [-0.2, 0) is 0 Å². The summed E-state index contributed by atoms with van der Waals surface area (Å²) in [5.41, 5.74) is 13.4. The molecular weight excluding hydrogens is 228 g/mol. The van der Waals surface area contributed by atoms with E-state index in [1.54, 1.807) is 0 Å². The molecule has 1 aliphatic heterocycles. The average Bonchev–Trinajstić information content (AvgIpc) is 2.86. The quantitative estimate of drug-likeness (QED) is 0.839. The number of benzene rings is 1. The van der Waals surface area contributed by atoms with Crippen molar-refractivity contribution >= 4 is 0 Å². The van der Waals surface area contributed by atoms with Crippen molar-refractivity contribution in [2.24, 2.45) is 17.4 Å². The normalized spacial score (nSPS) is 28.1. The topological polar surface area (TPSA) is 70.5 Å². The molecule has 1 fully saturated rings. The third-order valence-corrected chi connectivity index (χ3v) is 4.11. The van der Waals surface area contributed by atoms with E-state index in [-0.39, 0.29) is 6.04 Å². The molecule has 18 heavy (non-hydrogen) atoms. The van der Waals surface area contributed by atoms with Crippen molar-refractivity contribution in [1.82, 2.24) is 0 Å². The molecular formula is C14H20N2O2. The highest BCUT2D eigenvalue weighted by Gasteiger charge is 2.26. The van der Waals surface area contributed by atoms with Crippen LogP contribution in [0, 0.1) is 5.92 Å². The molecule has 0 saturated heterocycles. The van der Waals surface area contributed by atoms with Gasteiger partial charge in [-0.05, 0) is 49.3 Å². The fraction of sp³-hybridized carbons (Fsp3) is 0.571. The molecule has 3 rings (SSSR count). The summed E-state index contributed by atoms with van der Waals surface area (Å²) in [5.74, 6) is 2.16. The summed E-state index contributed by atoms with van der Waals surface area (Å²) in [6.45, 7) is 0.312. The predicted octanol–water partition coefficient (Wildman–Crippen LogP) is 1.93. The molecule has 0 radical (unpaired) electrons. The first-order valence-corrected chi connectivity index (χ1v) is 6.65. The molecule has 2 aliphatic rings. The minimum atomic E-state index is 0.0759. The van der Waals surface area contributed by atoms with Gasteiger partial charge in [0.1, 0.15) is 0 Å². The molecule has 0 spiro atoms. The first-order chi connectivity index (χ1) is 8.74. The van der Waals surface area contributed by atoms with Gasteiger partial charge in [0.2, 0.25) is 6.79 Å². The SMILES string of the molecule is NC1CCC(C(N)c2ccc3c(c2)OCO3)CC1. The van der Waals surface area contributed by atoms with Crippen LogP contribution in [0.4, 0.5) is 0 Å². The Balaban J connectivity index is 1.74. The summed E-state index contributed by atoms with van der Waals surface area (Å²) in [5, 5.41) is 0. The van der Waals surface area contributed by atoms with Crippen molar-refractivity contribution < 1.29 is 9.47 Å². The molecule has 4 heteroatoms. The van der Waals surface area contributed by atoms with Gasteiger partial charge in [-0.1, -0.05) is 6.07 Å². The molecule has 1 unspecified atom stereocenters. The molecule has 0 bridgehead atoms. The van der Waals surface area contributed by atoms with Gasteiger partial charge in [-0.2, -0.15) is 0 Å². The summed E-state index contributed by atoms with van der Waals surface area (Å²) >= 11 is 0. The fourth-order valence-electron chi connectivity index (χ4n) is 2.90. The second-order valence-corrected chi connectivity index (χ2v) is 5.31. The molecule has 1 aliphatic carbocycles. The van der Waals surface area contributed by atoms with E-state index in [0.717, 1.165) is 42.7 Å². The van der Waals surface area contributed by atoms with Crippen molar-refractivity contribution in [3.05, 3.63) is 23.8 Å². The van der Waals surface area contributed by atoms with Crippen LogP contribution in [0.25, 0.3) is 0 Å². The molecule has 4 nitrogen and oxygen atoms in total. The maximum atomic E-state index is 6.37. The zero-order chi connectivity index (χ0) is 12.5. The van der Waals surface area contributed by atoms with E-state index in [1.807, 2.05) is 18.2 Å². The Morgan fingerprint density at radius 3 is 2.56 bits per heavy atom. The summed E-state index contributed by atoms with van der Waals surface area (Å²) in [4.78, 5) is 0. The van der Waals surface area contributed by atoms with Gasteiger partial charge in [0.05, 0.1) is 0 Å². The number of ether oxygens (including phenoxy) is 2. The smallest absolute Gasteiger partial charge is 0.231 e. The Hall–Kier alpha value is -1.26. The Morgan fingerprint density at radius 2 is 1.78 bits per heavy atom. The molecule has 0 amide bonds. The monoisotopic (exact) mass is 248 g/mol. The lowest BCUT2D eigenvalue weighted by Crippen LogP contribution is -2.31. The van der Waals surface area contributed by atoms with Crippen LogP contribution in [0.1, 0.15) is 37.3 Å². The summed E-state index contributed by atoms with van der Waals surface area (Å²) in [6, 6.07) is 6.46. The molecule has 1 saturated carbocycles. The van der Waals surface area contributed by atoms with Crippen molar-refractivity contribution in [2.45, 2.75) is 37.8 Å². The Bertz CT molecular complexity index is 428. The maximum absolute atomic E-state index is 6.37. The van der Waals surface area contributed by atoms with Crippen molar-refractivity contribution in [3.63, 3.8) is 0 Å². The van der Waals surface area contributed by atoms with E-state index in [2.05, 4.69) is 0 Å². The molecule has 4 N–H and O–H groups in total. The van der Waals surface area contributed by atoms with E-state index in [9.17, 15) is 0 Å². The number of hydrogen-bond acceptors (Lipinski definition) is 4. The highest BCUT2D eigenvalue weighted by molar-refractivity contribution is 5.45. The lowest BCUT2D eigenvalue weighted by atomic mass is 9.80. The van der Waals surface area contributed by atoms with E-state index in [1.165, 1.54) is 0 Å². The van der Waals surface area contributed by atoms with Gasteiger partial charge >= 0.3 is 0 Å². The third kappa shape index (κ3) is 2.18. The van der Waals surface area contributed by atoms with Gasteiger partial charge in [-0.3, -0.25) is 0 Å². The van der Waals surface area contributed by atoms with E-state index < -0.39 is 0 Å². The lowest BCUT2D eigenvalue weighted by molar-refractivity contribution is 0.174. The van der Waals surface area contributed by atoms with Crippen LogP contribution < -0.4 is 20.9 Å². The number of nitrogens with two attached hydrogens (primary N) is 2. The van der Waals surface area contributed by atoms with Crippen LogP contribution in [0.15, 0.2) is 18.2 Å². The van der Waals surface area contributed by atoms with Crippen LogP contribution in [0.5, 0.6) is 11.5 Å². The minimum Gasteiger partial charge on any atom is -0.454 e. The largest absolute Gasteiger partial charge is 0.454 e. The molecule has 1 aromatic rings. The van der Waals surface area contributed by atoms with Crippen LogP contribution >= 0.6 is 0 Å². The fourth-order valence-corrected chi connectivity index (χ4v) is 2.90. The summed E-state index contributed by atoms with van der Waals surface area (Å²) < 4.78 is 10.7. The van der Waals surface area contributed by atoms with Crippen LogP contribution in [0.3, 0.4) is 0 Å². The minimum absolute atomic E-state index is 0.0759. The Kier molecular flexibility index (Phi) is 3.14. The van der Waals surface area contributed by atoms with E-state index >= 15 is 0 Å². The van der Waals surface area contributed by atoms with Gasteiger partial charge in [-0.25, -0.2) is 0 Å². The van der Waals surface area contributed by atoms with Crippen molar-refractivity contribution in [2.75, 3.05) is 6.79 Å². The van der Waals surface area contributed by atoms with Crippen molar-refractivity contribution in [1.29, 1.82) is 0 Å². The Morgan fingerprint density at radius 1 is 1.06 bits per heavy atom. The zero-order valence-corrected chi connectivity index (χ0v) is 10.5. The highest BCUT2D eigenvalue weighted by atomic mass is 16.7. The molecule has 98 valence electrons. The number of fused-ring (bicyclic) bond motifs is 1. The Labute approximate surface area is 107 Å². The second kappa shape index (κ2) is 4.78. The highest BCUT2D eigenvalue weighted by Crippen LogP contribution is 2.38. The van der Waals surface area contributed by atoms with Gasteiger partial charge in [0.15, 0.2) is 11.5 Å². The zero-order valence-electron chi connectivity index (χ0n) is 10.5. The molecule has 1 aromatic carbocycles. The molecule has 1 atom stereocenters. The van der Waals surface area contributed by atoms with E-state index in [0.29, 0.717) is 18.8 Å². The number of hydrogen-bond donors (Lipinski definition) is 2. The van der Waals surface area contributed by atoms with Gasteiger partial charge < -0.3 is 20.9 Å². The predicted molar refractivity (Wildman–Crippen MR) is 69.4 cm³/mol. The van der Waals surface area contributed by atoms with Crippen molar-refractivity contribution in [3.8, 4) is 11.5 Å². The average molecular weight is 248 g/mol. The third-order valence-electron chi connectivity index (χ3n) is 4.11. The maximum Gasteiger partial charge on any atom is 0.231 e. The van der Waals surface area contributed by atoms with E-state index in [4.69, 9.17) is 20.9 Å². The van der Waals surface area contributed by atoms with Gasteiger partial charge in [0, 0.05) is 12.1 Å². The standard InChI is InChI=1S/C14H20N2O2/c15-11-4-1-9(2-5-11)14(16)10-3-6-12-13(7-10)18-8-17-12/h3,6-7,9,11,14H,1-2,4-5,8,15-16H2. The van der Waals surface area contributed by atoms with Crippen LogP contribution in [0.2, 0.25) is 0 Å². The summed E-state index contributed by atoms with van der Waals surface area (Å²) in [6.07, 6.45) is 4.42. The van der Waals surface area contributed by atoms with Gasteiger partial charge in [-0.15, -0.1) is 0 Å². The molecule has 0 aromatic heterocycles. The summed E-state index contributed by atoms with van der Waals surface area (Å²) in [7, 11) is 0. The molecule has 1 heterocycles. The number of rotatable bonds is 2.